The lowest BCUT2D eigenvalue weighted by atomic mass is 9.91. The van der Waals surface area contributed by atoms with Gasteiger partial charge in [-0.05, 0) is 104 Å². The van der Waals surface area contributed by atoms with Crippen LogP contribution >= 0.6 is 0 Å². The molecule has 0 aliphatic carbocycles. The molecule has 0 aromatic heterocycles. The van der Waals surface area contributed by atoms with Crippen molar-refractivity contribution in [2.75, 3.05) is 9.80 Å². The molecule has 0 heterocycles. The monoisotopic (exact) mass is 734 g/mol. The van der Waals surface area contributed by atoms with E-state index in [-0.39, 0.29) is 33.6 Å². The third-order valence-corrected chi connectivity index (χ3v) is 10.1. The van der Waals surface area contributed by atoms with Gasteiger partial charge in [0.05, 0.1) is 36.5 Å². The molecule has 0 saturated heterocycles. The second-order valence-electron chi connectivity index (χ2n) is 13.3. The van der Waals surface area contributed by atoms with Crippen molar-refractivity contribution >= 4 is 66.4 Å². The zero-order chi connectivity index (χ0) is 46.3. The molecule has 10 aromatic rings. The molecule has 0 aliphatic rings. The normalized spacial score (nSPS) is 13.9. The molecule has 0 aliphatic heterocycles. The Morgan fingerprint density at radius 2 is 0.732 bits per heavy atom. The van der Waals surface area contributed by atoms with E-state index in [1.165, 1.54) is 12.1 Å². The van der Waals surface area contributed by atoms with Gasteiger partial charge in [0.1, 0.15) is 11.6 Å². The molecule has 266 valence electrons. The van der Waals surface area contributed by atoms with Crippen molar-refractivity contribution < 1.29 is 22.5 Å². The van der Waals surface area contributed by atoms with Crippen LogP contribution < -0.4 is 9.80 Å². The number of halogens is 2. The minimum absolute atomic E-state index is 0.106. The Balaban J connectivity index is 1.16. The number of para-hydroxylation sites is 2. The highest BCUT2D eigenvalue weighted by Crippen LogP contribution is 2.48. The summed E-state index contributed by atoms with van der Waals surface area (Å²) in [5.41, 5.74) is 2.92. The zero-order valence-corrected chi connectivity index (χ0v) is 29.5. The molecule has 2 nitrogen and oxygen atoms in total. The van der Waals surface area contributed by atoms with E-state index in [0.29, 0.717) is 22.7 Å². The third kappa shape index (κ3) is 5.71. The second kappa shape index (κ2) is 13.8. The van der Waals surface area contributed by atoms with Crippen molar-refractivity contribution in [1.82, 2.24) is 0 Å². The molecule has 0 spiro atoms. The van der Waals surface area contributed by atoms with Crippen molar-refractivity contribution in [1.29, 1.82) is 0 Å². The minimum Gasteiger partial charge on any atom is -0.307 e. The van der Waals surface area contributed by atoms with E-state index < -0.39 is 72.1 Å². The molecule has 56 heavy (non-hydrogen) atoms. The molecule has 10 rings (SSSR count). The molecule has 0 saturated carbocycles. The molecular weight excluding hydrogens is 691 g/mol. The average molecular weight is 735 g/mol. The van der Waals surface area contributed by atoms with Gasteiger partial charge in [0.25, 0.3) is 0 Å². The van der Waals surface area contributed by atoms with Crippen LogP contribution in [0.5, 0.6) is 0 Å². The molecule has 4 heteroatoms. The van der Waals surface area contributed by atoms with Crippen molar-refractivity contribution in [3.05, 3.63) is 218 Å². The lowest BCUT2D eigenvalue weighted by Gasteiger charge is -2.29. The van der Waals surface area contributed by atoms with Gasteiger partial charge in [-0.1, -0.05) is 145 Å². The number of hydrogen-bond acceptors (Lipinski definition) is 2. The highest BCUT2D eigenvalue weighted by Gasteiger charge is 2.24. The van der Waals surface area contributed by atoms with Crippen LogP contribution in [-0.2, 0) is 0 Å². The Morgan fingerprint density at radius 3 is 1.12 bits per heavy atom. The Labute approximate surface area is 338 Å². The van der Waals surface area contributed by atoms with E-state index in [0.717, 1.165) is 32.3 Å². The van der Waals surface area contributed by atoms with Crippen molar-refractivity contribution in [3.8, 4) is 22.3 Å². The van der Waals surface area contributed by atoms with Gasteiger partial charge in [0.2, 0.25) is 0 Å². The Morgan fingerprint density at radius 1 is 0.357 bits per heavy atom. The molecule has 0 bridgehead atoms. The summed E-state index contributed by atoms with van der Waals surface area (Å²) in [6.07, 6.45) is 0. The van der Waals surface area contributed by atoms with E-state index in [1.54, 1.807) is 34.1 Å². The molecule has 0 amide bonds. The van der Waals surface area contributed by atoms with Gasteiger partial charge in [0, 0.05) is 22.1 Å². The summed E-state index contributed by atoms with van der Waals surface area (Å²) < 4.78 is 117. The number of hydrogen-bond donors (Lipinski definition) is 0. The van der Waals surface area contributed by atoms with Crippen molar-refractivity contribution in [3.63, 3.8) is 0 Å². The predicted octanol–water partition coefficient (Wildman–Crippen LogP) is 15.1. The van der Waals surface area contributed by atoms with E-state index in [4.69, 9.17) is 13.7 Å². The highest BCUT2D eigenvalue weighted by molar-refractivity contribution is 6.28. The summed E-state index contributed by atoms with van der Waals surface area (Å²) in [6, 6.07) is 37.9. The fraction of sp³-hybridized carbons (Fsp3) is 0. The zero-order valence-electron chi connectivity index (χ0n) is 39.5. The number of benzene rings is 10. The number of nitrogens with zero attached hydrogens (tertiary/aromatic N) is 2. The van der Waals surface area contributed by atoms with Crippen LogP contribution in [0.4, 0.5) is 42.9 Å². The topological polar surface area (TPSA) is 6.48 Å². The largest absolute Gasteiger partial charge is 0.307 e. The SMILES string of the molecule is [2H]c1c([2H])c([2H])c(-c2ccc(N(c3ccccc3)c3ccc4ccc5c(N(c6ccccc6)c6ccc(-c7c([2H])c([2H])c([2H])c([2H])c7[2H])cc6F)ccc6ccc3c4c65)c(F)c2)c([2H])c1[2H]. The molecule has 0 radical (unpaired) electrons. The molecular formula is C52H34F2N2. The third-order valence-electron chi connectivity index (χ3n) is 10.1. The Hall–Kier alpha value is -7.30. The summed E-state index contributed by atoms with van der Waals surface area (Å²) in [5.74, 6) is -1.37. The van der Waals surface area contributed by atoms with Crippen LogP contribution in [0.15, 0.2) is 206 Å². The number of rotatable bonds is 8. The lowest BCUT2D eigenvalue weighted by Crippen LogP contribution is -2.13. The van der Waals surface area contributed by atoms with E-state index >= 15 is 8.78 Å². The maximum Gasteiger partial charge on any atom is 0.147 e. The van der Waals surface area contributed by atoms with Gasteiger partial charge in [-0.3, -0.25) is 0 Å². The molecule has 10 aromatic carbocycles. The fourth-order valence-electron chi connectivity index (χ4n) is 7.61. The lowest BCUT2D eigenvalue weighted by molar-refractivity contribution is 0.629. The van der Waals surface area contributed by atoms with Crippen LogP contribution in [0, 0.1) is 11.6 Å². The molecule has 0 fully saturated rings. The van der Waals surface area contributed by atoms with Crippen molar-refractivity contribution in [2.24, 2.45) is 0 Å². The Bertz CT molecular complexity index is 3300. The van der Waals surface area contributed by atoms with Gasteiger partial charge in [-0.15, -0.1) is 0 Å². The maximum atomic E-state index is 16.8. The van der Waals surface area contributed by atoms with Gasteiger partial charge in [-0.2, -0.15) is 0 Å². The van der Waals surface area contributed by atoms with Crippen LogP contribution in [0.1, 0.15) is 13.7 Å². The Kier molecular flexibility index (Phi) is 5.97. The molecule has 0 unspecified atom stereocenters. The predicted molar refractivity (Wildman–Crippen MR) is 230 cm³/mol. The highest BCUT2D eigenvalue weighted by atomic mass is 19.1. The van der Waals surface area contributed by atoms with Gasteiger partial charge >= 0.3 is 0 Å². The quantitative estimate of drug-likeness (QED) is 0.143. The van der Waals surface area contributed by atoms with E-state index in [2.05, 4.69) is 0 Å². The summed E-state index contributed by atoms with van der Waals surface area (Å²) in [4.78, 5) is 3.58. The van der Waals surface area contributed by atoms with Crippen molar-refractivity contribution in [2.45, 2.75) is 0 Å². The summed E-state index contributed by atoms with van der Waals surface area (Å²) in [7, 11) is 0. The first-order chi connectivity index (χ1) is 31.8. The smallest absolute Gasteiger partial charge is 0.147 e. The number of anilines is 6. The first-order valence-corrected chi connectivity index (χ1v) is 17.9. The maximum absolute atomic E-state index is 16.8. The molecule has 0 atom stereocenters. The van der Waals surface area contributed by atoms with Crippen LogP contribution in [0.25, 0.3) is 54.6 Å². The van der Waals surface area contributed by atoms with Crippen LogP contribution in [0.3, 0.4) is 0 Å². The van der Waals surface area contributed by atoms with Gasteiger partial charge in [0.15, 0.2) is 0 Å². The summed E-state index contributed by atoms with van der Waals surface area (Å²) in [6.45, 7) is 0. The van der Waals surface area contributed by atoms with Crippen LogP contribution in [0.2, 0.25) is 0 Å². The second-order valence-corrected chi connectivity index (χ2v) is 13.3. The first kappa shape index (κ1) is 24.2. The summed E-state index contributed by atoms with van der Waals surface area (Å²) in [5, 5.41) is 5.09. The van der Waals surface area contributed by atoms with E-state index in [1.807, 2.05) is 109 Å². The van der Waals surface area contributed by atoms with Gasteiger partial charge < -0.3 is 9.80 Å². The van der Waals surface area contributed by atoms with E-state index in [9.17, 15) is 0 Å². The molecule has 0 N–H and O–H groups in total. The summed E-state index contributed by atoms with van der Waals surface area (Å²) >= 11 is 0. The fourth-order valence-corrected chi connectivity index (χ4v) is 7.61. The van der Waals surface area contributed by atoms with Gasteiger partial charge in [-0.25, -0.2) is 8.78 Å². The van der Waals surface area contributed by atoms with Crippen LogP contribution in [-0.4, -0.2) is 0 Å². The standard InChI is InChI=1S/C52H34F2N2/c53-45-33-39(35-13-5-1-6-14-35)25-31-49(45)55(41-17-9-3-10-18-41)47-29-23-37-22-28-44-48(30-24-38-21-27-43(47)51(37)52(38)44)56(42-19-11-4-12-20-42)50-32-26-40(34-46(50)54)36-15-7-2-8-16-36/h1-34H/i1D,2D,5D,6D,7D,8D,13D,14D,15D,16D. The average Bonchev–Trinajstić information content (AvgIpc) is 3.33. The minimum atomic E-state index is -0.686. The first-order valence-electron chi connectivity index (χ1n) is 22.9.